The summed E-state index contributed by atoms with van der Waals surface area (Å²) in [5, 5.41) is 22.0. The molecule has 1 spiro atoms. The number of nitrogens with one attached hydrogen (secondary N) is 3. The van der Waals surface area contributed by atoms with Crippen molar-refractivity contribution in [2.75, 3.05) is 12.4 Å². The number of anilines is 1. The normalized spacial score (nSPS) is 21.5. The zero-order chi connectivity index (χ0) is 38.7. The molecule has 13 heteroatoms. The van der Waals surface area contributed by atoms with Gasteiger partial charge in [-0.25, -0.2) is 9.97 Å². The van der Waals surface area contributed by atoms with Crippen LogP contribution in [0.5, 0.6) is 5.75 Å². The molecule has 4 N–H and O–H groups in total. The van der Waals surface area contributed by atoms with Crippen molar-refractivity contribution in [3.63, 3.8) is 0 Å². The van der Waals surface area contributed by atoms with Gasteiger partial charge in [0.15, 0.2) is 23.4 Å². The van der Waals surface area contributed by atoms with Gasteiger partial charge in [-0.15, -0.1) is 0 Å². The van der Waals surface area contributed by atoms with Crippen LogP contribution in [0, 0.1) is 5.92 Å². The largest absolute Gasteiger partial charge is 0.469 e. The molecule has 0 saturated carbocycles. The molecule has 10 rings (SSSR count). The van der Waals surface area contributed by atoms with E-state index in [-0.39, 0.29) is 37.0 Å². The number of carbonyl (C=O) groups excluding carboxylic acids is 2. The molecule has 4 aliphatic rings. The SMILES string of the molecule is CCC(O)(CC)C(=O)N[C@H]1Cc2ccc3c(c2)[C@]24c5cccc(c5NC2O3)-c2cccc3c2c(cn3COC)-c2cnc(o2)-c2nc(oc24)[C@H](C(C)C)NC1=O. The summed E-state index contributed by atoms with van der Waals surface area (Å²) in [7, 11) is 1.67. The van der Waals surface area contributed by atoms with E-state index < -0.39 is 41.1 Å². The predicted molar refractivity (Wildman–Crippen MR) is 207 cm³/mol. The van der Waals surface area contributed by atoms with Crippen molar-refractivity contribution < 1.29 is 33.0 Å². The highest BCUT2D eigenvalue weighted by molar-refractivity contribution is 6.08. The molecule has 0 saturated heterocycles. The number of ether oxygens (including phenoxy) is 2. The number of aliphatic hydroxyl groups is 1. The lowest BCUT2D eigenvalue weighted by molar-refractivity contribution is -0.143. The number of hydrogen-bond acceptors (Lipinski definition) is 10. The van der Waals surface area contributed by atoms with E-state index in [9.17, 15) is 14.7 Å². The second-order valence-electron chi connectivity index (χ2n) is 15.6. The Bertz CT molecular complexity index is 2600. The number of hydrogen-bond donors (Lipinski definition) is 4. The summed E-state index contributed by atoms with van der Waals surface area (Å²) in [5.74, 6) is 0.967. The second kappa shape index (κ2) is 12.3. The Morgan fingerprint density at radius 2 is 1.88 bits per heavy atom. The van der Waals surface area contributed by atoms with Gasteiger partial charge in [-0.05, 0) is 42.0 Å². The van der Waals surface area contributed by atoms with Gasteiger partial charge in [-0.1, -0.05) is 70.2 Å². The lowest BCUT2D eigenvalue weighted by atomic mass is 9.72. The maximum atomic E-state index is 14.3. The molecule has 6 aromatic rings. The molecular weight excluding hydrogens is 713 g/mol. The molecule has 0 radical (unpaired) electrons. The third-order valence-electron chi connectivity index (χ3n) is 12.2. The molecule has 3 aromatic heterocycles. The number of methoxy groups -OCH3 is 1. The first kappa shape index (κ1) is 34.6. The number of amides is 2. The standard InChI is InChI=1S/C43H42N6O7/c1-6-42(52,7-2)40(51)45-28-17-22-14-15-30-27(16-22)43-26-12-8-11-24(34(26)48-41(43)55-30)23-10-9-13-29-32(23)25(19-49(29)20-53-5)31-18-44-38(54-31)35-36(43)56-39(47-35)33(21(3)4)46-37(28)50/h8-16,18-19,21,28,33,41,48,52H,6-7,17,20H2,1-5H3,(H,45,51)(H,46,50)/t28-,33-,41?,43-/m0/s1. The number of oxazole rings is 2. The lowest BCUT2D eigenvalue weighted by Gasteiger charge is -2.30. The lowest BCUT2D eigenvalue weighted by Crippen LogP contribution is -2.55. The number of benzene rings is 3. The Balaban J connectivity index is 1.27. The summed E-state index contributed by atoms with van der Waals surface area (Å²) in [5.41, 5.74) is 4.87. The Morgan fingerprint density at radius 3 is 2.66 bits per heavy atom. The van der Waals surface area contributed by atoms with Crippen LogP contribution in [0.3, 0.4) is 0 Å². The van der Waals surface area contributed by atoms with Crippen LogP contribution in [0.2, 0.25) is 0 Å². The Labute approximate surface area is 322 Å². The topological polar surface area (TPSA) is 166 Å². The van der Waals surface area contributed by atoms with Crippen molar-refractivity contribution >= 4 is 28.4 Å². The fourth-order valence-electron chi connectivity index (χ4n) is 9.13. The Hall–Kier alpha value is -5.92. The molecule has 0 fully saturated rings. The molecule has 2 amide bonds. The molecule has 4 atom stereocenters. The van der Waals surface area contributed by atoms with Gasteiger partial charge < -0.3 is 43.9 Å². The maximum Gasteiger partial charge on any atom is 0.252 e. The number of rotatable bonds is 7. The average Bonchev–Trinajstić information content (AvgIpc) is 4.02. The summed E-state index contributed by atoms with van der Waals surface area (Å²) in [6.07, 6.45) is 3.63. The van der Waals surface area contributed by atoms with E-state index in [0.717, 1.165) is 50.0 Å². The van der Waals surface area contributed by atoms with Crippen molar-refractivity contribution in [3.05, 3.63) is 95.3 Å². The summed E-state index contributed by atoms with van der Waals surface area (Å²) in [6.45, 7) is 7.78. The summed E-state index contributed by atoms with van der Waals surface area (Å²) >= 11 is 0. The zero-order valence-electron chi connectivity index (χ0n) is 31.7. The smallest absolute Gasteiger partial charge is 0.252 e. The van der Waals surface area contributed by atoms with Gasteiger partial charge in [0.25, 0.3) is 5.91 Å². The second-order valence-corrected chi connectivity index (χ2v) is 15.6. The first-order valence-corrected chi connectivity index (χ1v) is 19.2. The minimum atomic E-state index is -1.62. The van der Waals surface area contributed by atoms with E-state index >= 15 is 0 Å². The van der Waals surface area contributed by atoms with Crippen LogP contribution in [-0.2, 0) is 32.9 Å². The van der Waals surface area contributed by atoms with Crippen LogP contribution in [-0.4, -0.2) is 56.4 Å². The van der Waals surface area contributed by atoms with Gasteiger partial charge >= 0.3 is 0 Å². The fraction of sp³-hybridized carbons (Fsp3) is 0.349. The number of para-hydroxylation sites is 1. The van der Waals surface area contributed by atoms with E-state index in [2.05, 4.69) is 50.8 Å². The van der Waals surface area contributed by atoms with Crippen LogP contribution in [0.1, 0.15) is 74.9 Å². The average molecular weight is 755 g/mol. The van der Waals surface area contributed by atoms with Crippen LogP contribution < -0.4 is 20.7 Å². The van der Waals surface area contributed by atoms with Crippen LogP contribution in [0.4, 0.5) is 5.69 Å². The van der Waals surface area contributed by atoms with Gasteiger partial charge in [-0.2, -0.15) is 0 Å². The number of fused-ring (bicyclic) bond motifs is 7. The molecule has 1 unspecified atom stereocenters. The van der Waals surface area contributed by atoms with Gasteiger partial charge in [0, 0.05) is 53.1 Å². The maximum absolute atomic E-state index is 14.3. The zero-order valence-corrected chi connectivity index (χ0v) is 31.7. The van der Waals surface area contributed by atoms with Gasteiger partial charge in [0.05, 0.1) is 11.7 Å². The van der Waals surface area contributed by atoms with E-state index in [1.807, 2.05) is 44.3 Å². The first-order valence-electron chi connectivity index (χ1n) is 19.2. The van der Waals surface area contributed by atoms with Crippen LogP contribution >= 0.6 is 0 Å². The molecule has 4 aliphatic heterocycles. The van der Waals surface area contributed by atoms with E-state index in [1.165, 1.54) is 0 Å². The van der Waals surface area contributed by atoms with Crippen molar-refractivity contribution in [2.45, 2.75) is 83.0 Å². The molecule has 10 bridgehead atoms. The monoisotopic (exact) mass is 754 g/mol. The molecule has 286 valence electrons. The first-order chi connectivity index (χ1) is 27.1. The Morgan fingerprint density at radius 1 is 1.07 bits per heavy atom. The Kier molecular flexibility index (Phi) is 7.59. The third kappa shape index (κ3) is 4.67. The molecule has 7 heterocycles. The van der Waals surface area contributed by atoms with E-state index in [1.54, 1.807) is 27.2 Å². The van der Waals surface area contributed by atoms with E-state index in [4.69, 9.17) is 28.3 Å². The van der Waals surface area contributed by atoms with Crippen molar-refractivity contribution in [1.29, 1.82) is 0 Å². The minimum absolute atomic E-state index is 0.159. The summed E-state index contributed by atoms with van der Waals surface area (Å²) in [4.78, 5) is 37.9. The number of aromatic nitrogens is 3. The van der Waals surface area contributed by atoms with Crippen molar-refractivity contribution in [2.24, 2.45) is 5.92 Å². The minimum Gasteiger partial charge on any atom is -0.469 e. The highest BCUT2D eigenvalue weighted by Crippen LogP contribution is 2.61. The number of carbonyl (C=O) groups is 2. The van der Waals surface area contributed by atoms with Crippen LogP contribution in [0.25, 0.3) is 44.9 Å². The molecule has 56 heavy (non-hydrogen) atoms. The quantitative estimate of drug-likeness (QED) is 0.143. The van der Waals surface area contributed by atoms with Gasteiger partial charge in [-0.3, -0.25) is 9.59 Å². The third-order valence-corrected chi connectivity index (χ3v) is 12.2. The van der Waals surface area contributed by atoms with Crippen molar-refractivity contribution in [1.82, 2.24) is 25.2 Å². The summed E-state index contributed by atoms with van der Waals surface area (Å²) in [6, 6.07) is 16.6. The number of nitrogens with zero attached hydrogens (tertiary/aromatic N) is 3. The highest BCUT2D eigenvalue weighted by atomic mass is 16.5. The summed E-state index contributed by atoms with van der Waals surface area (Å²) < 4.78 is 28.3. The molecule has 3 aromatic carbocycles. The van der Waals surface area contributed by atoms with Gasteiger partial charge in [0.1, 0.15) is 35.6 Å². The fourth-order valence-corrected chi connectivity index (χ4v) is 9.13. The highest BCUT2D eigenvalue weighted by Gasteiger charge is 2.61. The van der Waals surface area contributed by atoms with E-state index in [0.29, 0.717) is 29.7 Å². The van der Waals surface area contributed by atoms with Gasteiger partial charge in [0.2, 0.25) is 17.7 Å². The molecular formula is C43H42N6O7. The van der Waals surface area contributed by atoms with Crippen molar-refractivity contribution in [3.8, 4) is 39.8 Å². The molecule has 0 aliphatic carbocycles. The predicted octanol–water partition coefficient (Wildman–Crippen LogP) is 6.42. The molecule has 13 nitrogen and oxygen atoms in total. The van der Waals surface area contributed by atoms with Crippen LogP contribution in [0.15, 0.2) is 75.8 Å².